The molecule has 130 valence electrons. The van der Waals surface area contributed by atoms with Gasteiger partial charge in [-0.25, -0.2) is 14.6 Å². The molecule has 0 aliphatic heterocycles. The maximum absolute atomic E-state index is 4.52. The van der Waals surface area contributed by atoms with Crippen LogP contribution >= 0.6 is 11.3 Å². The van der Waals surface area contributed by atoms with Gasteiger partial charge in [-0.05, 0) is 43.9 Å². The average Bonchev–Trinajstić information content (AvgIpc) is 3.38. The molecule has 1 atom stereocenters. The number of aryl methyl sites for hydroxylation is 2. The van der Waals surface area contributed by atoms with Crippen LogP contribution in [0.1, 0.15) is 35.5 Å². The first kappa shape index (κ1) is 15.5. The molecule has 1 aliphatic carbocycles. The zero-order chi connectivity index (χ0) is 17.5. The van der Waals surface area contributed by atoms with Gasteiger partial charge in [0.05, 0.1) is 23.3 Å². The number of hydrogen-bond acceptors (Lipinski definition) is 6. The lowest BCUT2D eigenvalue weighted by Gasteiger charge is -2.13. The standard InChI is InChI=1S/C19H18N6S/c1-12(15-10-25(24-23-15)13-6-3-2-4-7-13)22-18-17-14-8-5-9-16(14)26-19(17)21-11-20-18/h2-4,6-7,10-12H,5,8-9H2,1H3,(H,20,21,22). The summed E-state index contributed by atoms with van der Waals surface area (Å²) in [7, 11) is 0. The first-order valence-electron chi connectivity index (χ1n) is 8.79. The first-order valence-corrected chi connectivity index (χ1v) is 9.60. The summed E-state index contributed by atoms with van der Waals surface area (Å²) >= 11 is 1.80. The van der Waals surface area contributed by atoms with Crippen molar-refractivity contribution in [1.29, 1.82) is 0 Å². The van der Waals surface area contributed by atoms with Gasteiger partial charge in [-0.15, -0.1) is 16.4 Å². The quantitative estimate of drug-likeness (QED) is 0.596. The van der Waals surface area contributed by atoms with Crippen LogP contribution in [-0.4, -0.2) is 25.0 Å². The minimum atomic E-state index is 0.00233. The van der Waals surface area contributed by atoms with E-state index in [0.29, 0.717) is 0 Å². The van der Waals surface area contributed by atoms with Gasteiger partial charge in [0.2, 0.25) is 0 Å². The molecule has 5 rings (SSSR count). The van der Waals surface area contributed by atoms with Crippen molar-refractivity contribution in [2.75, 3.05) is 5.32 Å². The molecule has 1 unspecified atom stereocenters. The maximum Gasteiger partial charge on any atom is 0.138 e. The Hall–Kier alpha value is -2.80. The summed E-state index contributed by atoms with van der Waals surface area (Å²) in [5.74, 6) is 0.899. The third kappa shape index (κ3) is 2.55. The van der Waals surface area contributed by atoms with Gasteiger partial charge >= 0.3 is 0 Å². The van der Waals surface area contributed by atoms with Crippen molar-refractivity contribution in [2.45, 2.75) is 32.2 Å². The SMILES string of the molecule is CC(Nc1ncnc2sc3c(c12)CCC3)c1cn(-c2ccccc2)nn1. The molecule has 3 heterocycles. The second-order valence-electron chi connectivity index (χ2n) is 6.55. The number of aromatic nitrogens is 5. The monoisotopic (exact) mass is 362 g/mol. The number of hydrogen-bond donors (Lipinski definition) is 1. The van der Waals surface area contributed by atoms with E-state index in [2.05, 4.69) is 32.5 Å². The number of nitrogens with one attached hydrogen (secondary N) is 1. The number of anilines is 1. The smallest absolute Gasteiger partial charge is 0.138 e. The highest BCUT2D eigenvalue weighted by Gasteiger charge is 2.22. The number of fused-ring (bicyclic) bond motifs is 3. The fraction of sp³-hybridized carbons (Fsp3) is 0.263. The number of thiophene rings is 1. The Morgan fingerprint density at radius 2 is 2.04 bits per heavy atom. The molecule has 6 nitrogen and oxygen atoms in total. The van der Waals surface area contributed by atoms with Gasteiger partial charge in [0.1, 0.15) is 22.7 Å². The molecule has 1 aliphatic rings. The van der Waals surface area contributed by atoms with Crippen LogP contribution in [0.4, 0.5) is 5.82 Å². The number of benzene rings is 1. The lowest BCUT2D eigenvalue weighted by atomic mass is 10.1. The van der Waals surface area contributed by atoms with E-state index < -0.39 is 0 Å². The third-order valence-corrected chi connectivity index (χ3v) is 6.03. The fourth-order valence-corrected chi connectivity index (χ4v) is 4.73. The number of rotatable bonds is 4. The molecule has 0 fully saturated rings. The number of nitrogens with zero attached hydrogens (tertiary/aromatic N) is 5. The first-order chi connectivity index (χ1) is 12.8. The minimum Gasteiger partial charge on any atom is -0.361 e. The summed E-state index contributed by atoms with van der Waals surface area (Å²) in [6, 6.07) is 10.0. The van der Waals surface area contributed by atoms with E-state index in [4.69, 9.17) is 0 Å². The van der Waals surface area contributed by atoms with Crippen LogP contribution in [-0.2, 0) is 12.8 Å². The van der Waals surface area contributed by atoms with Crippen LogP contribution in [0.2, 0.25) is 0 Å². The van der Waals surface area contributed by atoms with Crippen LogP contribution in [0.15, 0.2) is 42.9 Å². The van der Waals surface area contributed by atoms with Crippen molar-refractivity contribution < 1.29 is 0 Å². The Labute approximate surface area is 154 Å². The van der Waals surface area contributed by atoms with Crippen LogP contribution in [0.25, 0.3) is 15.9 Å². The van der Waals surface area contributed by atoms with Crippen molar-refractivity contribution in [3.05, 3.63) is 59.0 Å². The molecule has 7 heteroatoms. The van der Waals surface area contributed by atoms with Crippen molar-refractivity contribution in [1.82, 2.24) is 25.0 Å². The molecule has 0 bridgehead atoms. The Balaban J connectivity index is 1.45. The van der Waals surface area contributed by atoms with Crippen LogP contribution in [0, 0.1) is 0 Å². The van der Waals surface area contributed by atoms with Crippen LogP contribution in [0.3, 0.4) is 0 Å². The summed E-state index contributed by atoms with van der Waals surface area (Å²) in [6.45, 7) is 2.08. The normalized spacial score (nSPS) is 14.5. The zero-order valence-corrected chi connectivity index (χ0v) is 15.2. The van der Waals surface area contributed by atoms with E-state index in [9.17, 15) is 0 Å². The summed E-state index contributed by atoms with van der Waals surface area (Å²) in [5, 5.41) is 13.3. The van der Waals surface area contributed by atoms with E-state index in [1.165, 1.54) is 22.2 Å². The molecule has 26 heavy (non-hydrogen) atoms. The summed E-state index contributed by atoms with van der Waals surface area (Å²) in [4.78, 5) is 11.5. The molecule has 0 spiro atoms. The van der Waals surface area contributed by atoms with E-state index in [1.54, 1.807) is 22.3 Å². The zero-order valence-electron chi connectivity index (χ0n) is 14.4. The van der Waals surface area contributed by atoms with E-state index >= 15 is 0 Å². The largest absolute Gasteiger partial charge is 0.361 e. The molecular formula is C19H18N6S. The van der Waals surface area contributed by atoms with Gasteiger partial charge in [0.25, 0.3) is 0 Å². The van der Waals surface area contributed by atoms with E-state index in [-0.39, 0.29) is 6.04 Å². The summed E-state index contributed by atoms with van der Waals surface area (Å²) in [6.07, 6.45) is 7.12. The van der Waals surface area contributed by atoms with Crippen LogP contribution in [0.5, 0.6) is 0 Å². The lowest BCUT2D eigenvalue weighted by molar-refractivity contribution is 0.780. The summed E-state index contributed by atoms with van der Waals surface area (Å²) < 4.78 is 1.80. The van der Waals surface area contributed by atoms with Gasteiger partial charge in [-0.3, -0.25) is 0 Å². The predicted octanol–water partition coefficient (Wildman–Crippen LogP) is 3.93. The molecular weight excluding hydrogens is 344 g/mol. The van der Waals surface area contributed by atoms with Gasteiger partial charge < -0.3 is 5.32 Å². The van der Waals surface area contributed by atoms with Crippen molar-refractivity contribution in [2.24, 2.45) is 0 Å². The van der Waals surface area contributed by atoms with E-state index in [1.807, 2.05) is 36.5 Å². The fourth-order valence-electron chi connectivity index (χ4n) is 3.50. The summed E-state index contributed by atoms with van der Waals surface area (Å²) in [5.41, 5.74) is 3.30. The third-order valence-electron chi connectivity index (χ3n) is 4.83. The maximum atomic E-state index is 4.52. The van der Waals surface area contributed by atoms with Gasteiger partial charge in [-0.1, -0.05) is 23.4 Å². The second-order valence-corrected chi connectivity index (χ2v) is 7.63. The lowest BCUT2D eigenvalue weighted by Crippen LogP contribution is -2.09. The molecule has 1 N–H and O–H groups in total. The Morgan fingerprint density at radius 3 is 2.92 bits per heavy atom. The molecule has 0 saturated carbocycles. The molecule has 1 aromatic carbocycles. The van der Waals surface area contributed by atoms with Crippen molar-refractivity contribution >= 4 is 27.4 Å². The van der Waals surface area contributed by atoms with Gasteiger partial charge in [0, 0.05) is 4.88 Å². The Morgan fingerprint density at radius 1 is 1.15 bits per heavy atom. The molecule has 4 aromatic rings. The molecule has 0 saturated heterocycles. The molecule has 3 aromatic heterocycles. The average molecular weight is 362 g/mol. The van der Waals surface area contributed by atoms with Gasteiger partial charge in [0.15, 0.2) is 0 Å². The van der Waals surface area contributed by atoms with Crippen LogP contribution < -0.4 is 5.32 Å². The Kier molecular flexibility index (Phi) is 3.67. The molecule has 0 radical (unpaired) electrons. The van der Waals surface area contributed by atoms with Crippen molar-refractivity contribution in [3.8, 4) is 5.69 Å². The number of para-hydroxylation sites is 1. The highest BCUT2D eigenvalue weighted by atomic mass is 32.1. The second kappa shape index (κ2) is 6.17. The molecule has 0 amide bonds. The highest BCUT2D eigenvalue weighted by molar-refractivity contribution is 7.19. The topological polar surface area (TPSA) is 68.5 Å². The predicted molar refractivity (Wildman–Crippen MR) is 103 cm³/mol. The van der Waals surface area contributed by atoms with E-state index in [0.717, 1.165) is 34.9 Å². The van der Waals surface area contributed by atoms with Crippen molar-refractivity contribution in [3.63, 3.8) is 0 Å². The van der Waals surface area contributed by atoms with Gasteiger partial charge in [-0.2, -0.15) is 0 Å². The Bertz CT molecular complexity index is 1070. The highest BCUT2D eigenvalue weighted by Crippen LogP contribution is 2.39. The minimum absolute atomic E-state index is 0.00233.